The van der Waals surface area contributed by atoms with Gasteiger partial charge in [0.1, 0.15) is 6.54 Å². The number of aliphatic hydroxyl groups is 1. The second-order valence-corrected chi connectivity index (χ2v) is 7.03. The molecule has 6 nitrogen and oxygen atoms in total. The molecule has 0 saturated carbocycles. The third-order valence-electron chi connectivity index (χ3n) is 5.31. The summed E-state index contributed by atoms with van der Waals surface area (Å²) in [7, 11) is 0. The predicted octanol–water partition coefficient (Wildman–Crippen LogP) is 0.401. The number of carbonyl (C=O) groups excluding carboxylic acids is 1. The second kappa shape index (κ2) is 7.94. The molecule has 2 atom stereocenters. The van der Waals surface area contributed by atoms with Crippen molar-refractivity contribution in [1.29, 1.82) is 0 Å². The van der Waals surface area contributed by atoms with E-state index in [1.165, 1.54) is 29.9 Å². The van der Waals surface area contributed by atoms with Crippen molar-refractivity contribution in [3.63, 3.8) is 0 Å². The molecule has 3 heterocycles. The minimum atomic E-state index is -0.159. The van der Waals surface area contributed by atoms with E-state index in [1.54, 1.807) is 18.3 Å². The first kappa shape index (κ1) is 17.2. The maximum absolute atomic E-state index is 12.5. The summed E-state index contributed by atoms with van der Waals surface area (Å²) >= 11 is 0. The minimum Gasteiger partial charge on any atom is -0.396 e. The van der Waals surface area contributed by atoms with E-state index < -0.39 is 0 Å². The molecule has 0 unspecified atom stereocenters. The Kier molecular flexibility index (Phi) is 5.68. The van der Waals surface area contributed by atoms with Crippen molar-refractivity contribution in [3.05, 3.63) is 34.7 Å². The van der Waals surface area contributed by atoms with Gasteiger partial charge in [-0.15, -0.1) is 0 Å². The smallest absolute Gasteiger partial charge is 0.250 e. The van der Waals surface area contributed by atoms with Gasteiger partial charge in [-0.3, -0.25) is 9.59 Å². The predicted molar refractivity (Wildman–Crippen MR) is 91.6 cm³/mol. The first-order valence-corrected chi connectivity index (χ1v) is 8.94. The molecule has 0 spiro atoms. The number of rotatable bonds is 5. The number of nitrogens with zero attached hydrogens (tertiary/aromatic N) is 3. The zero-order valence-corrected chi connectivity index (χ0v) is 14.1. The molecule has 132 valence electrons. The van der Waals surface area contributed by atoms with Gasteiger partial charge in [0.05, 0.1) is 0 Å². The molecular formula is C18H27N3O3. The van der Waals surface area contributed by atoms with E-state index in [1.807, 2.05) is 4.90 Å². The van der Waals surface area contributed by atoms with E-state index in [9.17, 15) is 14.7 Å². The Bertz CT molecular complexity index is 610. The molecule has 0 aromatic carbocycles. The summed E-state index contributed by atoms with van der Waals surface area (Å²) in [5.41, 5.74) is -0.159. The largest absolute Gasteiger partial charge is 0.396 e. The van der Waals surface area contributed by atoms with E-state index in [2.05, 4.69) is 4.90 Å². The summed E-state index contributed by atoms with van der Waals surface area (Å²) in [5.74, 6) is 0.427. The van der Waals surface area contributed by atoms with Gasteiger partial charge in [-0.25, -0.2) is 0 Å². The summed E-state index contributed by atoms with van der Waals surface area (Å²) in [6.45, 7) is 4.68. The fraction of sp³-hybridized carbons (Fsp3) is 0.667. The Labute approximate surface area is 142 Å². The van der Waals surface area contributed by atoms with Gasteiger partial charge in [0.2, 0.25) is 5.91 Å². The molecule has 0 aliphatic carbocycles. The summed E-state index contributed by atoms with van der Waals surface area (Å²) in [4.78, 5) is 28.6. The van der Waals surface area contributed by atoms with E-state index in [0.717, 1.165) is 19.6 Å². The third-order valence-corrected chi connectivity index (χ3v) is 5.31. The van der Waals surface area contributed by atoms with E-state index in [0.29, 0.717) is 19.0 Å². The molecular weight excluding hydrogens is 306 g/mol. The van der Waals surface area contributed by atoms with Crippen LogP contribution in [0.2, 0.25) is 0 Å². The van der Waals surface area contributed by atoms with Crippen LogP contribution in [0, 0.1) is 11.8 Å². The van der Waals surface area contributed by atoms with Crippen LogP contribution in [0.5, 0.6) is 0 Å². The average molecular weight is 333 g/mol. The number of piperidine rings is 1. The highest BCUT2D eigenvalue weighted by molar-refractivity contribution is 5.76. The van der Waals surface area contributed by atoms with Crippen molar-refractivity contribution in [3.8, 4) is 0 Å². The molecule has 2 saturated heterocycles. The summed E-state index contributed by atoms with van der Waals surface area (Å²) in [6.07, 6.45) is 5.44. The monoisotopic (exact) mass is 333 g/mol. The molecule has 1 aromatic heterocycles. The number of hydrogen-bond acceptors (Lipinski definition) is 4. The number of likely N-dealkylation sites (tertiary alicyclic amines) is 2. The van der Waals surface area contributed by atoms with Crippen LogP contribution in [0.15, 0.2) is 29.2 Å². The van der Waals surface area contributed by atoms with E-state index in [4.69, 9.17) is 0 Å². The molecule has 6 heteroatoms. The van der Waals surface area contributed by atoms with Crippen LogP contribution >= 0.6 is 0 Å². The summed E-state index contributed by atoms with van der Waals surface area (Å²) < 4.78 is 1.44. The Balaban J connectivity index is 1.59. The van der Waals surface area contributed by atoms with Crippen LogP contribution in [0.3, 0.4) is 0 Å². The maximum Gasteiger partial charge on any atom is 0.250 e. The van der Waals surface area contributed by atoms with Crippen molar-refractivity contribution in [1.82, 2.24) is 14.4 Å². The SMILES string of the molecule is O=C(Cn1ccccc1=O)N1C[C@@H](CO)[C@@H](CN2CCCCC2)C1. The highest BCUT2D eigenvalue weighted by Crippen LogP contribution is 2.25. The molecule has 2 fully saturated rings. The van der Waals surface area contributed by atoms with Gasteiger partial charge in [-0.05, 0) is 37.9 Å². The molecule has 3 rings (SSSR count). The van der Waals surface area contributed by atoms with Crippen molar-refractivity contribution in [2.24, 2.45) is 11.8 Å². The van der Waals surface area contributed by atoms with E-state index >= 15 is 0 Å². The highest BCUT2D eigenvalue weighted by atomic mass is 16.3. The molecule has 0 bridgehead atoms. The topological polar surface area (TPSA) is 65.8 Å². The van der Waals surface area contributed by atoms with Gasteiger partial charge in [0.15, 0.2) is 0 Å². The fourth-order valence-corrected chi connectivity index (χ4v) is 3.87. The zero-order chi connectivity index (χ0) is 16.9. The highest BCUT2D eigenvalue weighted by Gasteiger charge is 2.35. The molecule has 2 aliphatic heterocycles. The first-order chi connectivity index (χ1) is 11.7. The molecule has 24 heavy (non-hydrogen) atoms. The van der Waals surface area contributed by atoms with Gasteiger partial charge in [-0.2, -0.15) is 0 Å². The number of hydrogen-bond donors (Lipinski definition) is 1. The first-order valence-electron chi connectivity index (χ1n) is 8.94. The van der Waals surface area contributed by atoms with Crippen molar-refractivity contribution in [2.75, 3.05) is 39.3 Å². The molecule has 1 N–H and O–H groups in total. The van der Waals surface area contributed by atoms with E-state index in [-0.39, 0.29) is 30.5 Å². The standard InChI is InChI=1S/C18H27N3O3/c22-14-16-12-21(11-15(16)10-19-7-3-1-4-8-19)18(24)13-20-9-5-2-6-17(20)23/h2,5-6,9,15-16,22H,1,3-4,7-8,10-14H2/t15-,16-/m0/s1. The number of aromatic nitrogens is 1. The molecule has 1 amide bonds. The van der Waals surface area contributed by atoms with Crippen LogP contribution in [0.4, 0.5) is 0 Å². The lowest BCUT2D eigenvalue weighted by Crippen LogP contribution is -2.38. The second-order valence-electron chi connectivity index (χ2n) is 7.03. The number of pyridine rings is 1. The number of aliphatic hydroxyl groups excluding tert-OH is 1. The molecule has 1 aromatic rings. The third kappa shape index (κ3) is 4.05. The number of amides is 1. The molecule has 2 aliphatic rings. The number of carbonyl (C=O) groups is 1. The van der Waals surface area contributed by atoms with Crippen LogP contribution in [-0.4, -0.2) is 64.7 Å². The Morgan fingerprint density at radius 3 is 2.58 bits per heavy atom. The quantitative estimate of drug-likeness (QED) is 0.847. The molecule has 0 radical (unpaired) electrons. The van der Waals surface area contributed by atoms with Crippen LogP contribution in [0.1, 0.15) is 19.3 Å². The van der Waals surface area contributed by atoms with Crippen LogP contribution < -0.4 is 5.56 Å². The summed E-state index contributed by atoms with van der Waals surface area (Å²) in [6, 6.07) is 4.90. The van der Waals surface area contributed by atoms with Gasteiger partial charge >= 0.3 is 0 Å². The zero-order valence-electron chi connectivity index (χ0n) is 14.1. The minimum absolute atomic E-state index is 0.0390. The normalized spacial score (nSPS) is 25.1. The Morgan fingerprint density at radius 1 is 1.12 bits per heavy atom. The maximum atomic E-state index is 12.5. The van der Waals surface area contributed by atoms with Gasteiger partial charge in [-0.1, -0.05) is 12.5 Å². The van der Waals surface area contributed by atoms with Crippen molar-refractivity contribution in [2.45, 2.75) is 25.8 Å². The Morgan fingerprint density at radius 2 is 1.88 bits per heavy atom. The van der Waals surface area contributed by atoms with Gasteiger partial charge < -0.3 is 19.5 Å². The van der Waals surface area contributed by atoms with Crippen LogP contribution in [0.25, 0.3) is 0 Å². The van der Waals surface area contributed by atoms with Crippen molar-refractivity contribution < 1.29 is 9.90 Å². The van der Waals surface area contributed by atoms with Gasteiger partial charge in [0.25, 0.3) is 5.56 Å². The average Bonchev–Trinajstić information content (AvgIpc) is 3.01. The van der Waals surface area contributed by atoms with Gasteiger partial charge in [0, 0.05) is 44.4 Å². The lowest BCUT2D eigenvalue weighted by molar-refractivity contribution is -0.131. The summed E-state index contributed by atoms with van der Waals surface area (Å²) in [5, 5.41) is 9.69. The Hall–Kier alpha value is -1.66. The fourth-order valence-electron chi connectivity index (χ4n) is 3.87. The van der Waals surface area contributed by atoms with Crippen molar-refractivity contribution >= 4 is 5.91 Å². The lowest BCUT2D eigenvalue weighted by atomic mass is 9.95. The lowest BCUT2D eigenvalue weighted by Gasteiger charge is -2.30. The van der Waals surface area contributed by atoms with Crippen LogP contribution in [-0.2, 0) is 11.3 Å².